The van der Waals surface area contributed by atoms with E-state index in [4.69, 9.17) is 9.47 Å². The van der Waals surface area contributed by atoms with Crippen LogP contribution in [-0.4, -0.2) is 65.5 Å². The number of anilines is 1. The molecule has 36 heavy (non-hydrogen) atoms. The Hall–Kier alpha value is -3.91. The first-order chi connectivity index (χ1) is 17.7. The molecule has 0 bridgehead atoms. The highest BCUT2D eigenvalue weighted by Gasteiger charge is 2.31. The van der Waals surface area contributed by atoms with Crippen LogP contribution in [0.15, 0.2) is 72.8 Å². The fourth-order valence-corrected chi connectivity index (χ4v) is 4.81. The van der Waals surface area contributed by atoms with Gasteiger partial charge in [-0.3, -0.25) is 4.90 Å². The van der Waals surface area contributed by atoms with Crippen LogP contribution in [0.5, 0.6) is 11.5 Å². The molecule has 0 spiro atoms. The lowest BCUT2D eigenvalue weighted by atomic mass is 10.0. The van der Waals surface area contributed by atoms with Crippen molar-refractivity contribution < 1.29 is 9.47 Å². The number of rotatable bonds is 8. The van der Waals surface area contributed by atoms with Crippen LogP contribution in [0.25, 0.3) is 0 Å². The lowest BCUT2D eigenvalue weighted by molar-refractivity contribution is 0.201. The summed E-state index contributed by atoms with van der Waals surface area (Å²) in [5.41, 5.74) is 4.68. The maximum atomic E-state index is 5.61. The van der Waals surface area contributed by atoms with E-state index in [-0.39, 0.29) is 6.04 Å². The third kappa shape index (κ3) is 5.04. The summed E-state index contributed by atoms with van der Waals surface area (Å²) < 4.78 is 12.8. The van der Waals surface area contributed by atoms with Crippen molar-refractivity contribution in [3.63, 3.8) is 0 Å². The molecule has 8 heteroatoms. The first-order valence-electron chi connectivity index (χ1n) is 12.2. The van der Waals surface area contributed by atoms with Crippen LogP contribution in [0.2, 0.25) is 0 Å². The normalized spacial score (nSPS) is 15.0. The summed E-state index contributed by atoms with van der Waals surface area (Å²) in [6.45, 7) is 6.25. The second-order valence-electron chi connectivity index (χ2n) is 9.05. The molecule has 4 aromatic rings. The molecule has 1 unspecified atom stereocenters. The largest absolute Gasteiger partial charge is 0.497 e. The minimum Gasteiger partial charge on any atom is -0.497 e. The zero-order valence-corrected chi connectivity index (χ0v) is 21.0. The van der Waals surface area contributed by atoms with Crippen molar-refractivity contribution in [1.29, 1.82) is 0 Å². The highest BCUT2D eigenvalue weighted by Crippen LogP contribution is 2.32. The Kier molecular flexibility index (Phi) is 7.13. The average molecular weight is 485 g/mol. The molecule has 8 nitrogen and oxygen atoms in total. The standard InChI is InChI=1S/C28H32N6O2/c1-21-8-12-23(13-9-21)27(28-29-30-31-34(28)20-22-10-14-24(35-2)15-11-22)33-18-16-32(17-19-33)25-6-4-5-7-26(25)36-3/h4-15,27H,16-20H2,1-3H3. The van der Waals surface area contributed by atoms with Crippen LogP contribution in [-0.2, 0) is 6.54 Å². The zero-order chi connectivity index (χ0) is 24.9. The number of piperazine rings is 1. The summed E-state index contributed by atoms with van der Waals surface area (Å²) >= 11 is 0. The van der Waals surface area contributed by atoms with Gasteiger partial charge >= 0.3 is 0 Å². The minimum atomic E-state index is -0.0429. The molecule has 1 aliphatic rings. The number of hydrogen-bond donors (Lipinski definition) is 0. The molecule has 3 aromatic carbocycles. The van der Waals surface area contributed by atoms with Gasteiger partial charge in [0.2, 0.25) is 0 Å². The molecule has 2 heterocycles. The van der Waals surface area contributed by atoms with E-state index in [1.807, 2.05) is 28.9 Å². The van der Waals surface area contributed by atoms with Crippen molar-refractivity contribution in [2.45, 2.75) is 19.5 Å². The number of aromatic nitrogens is 4. The van der Waals surface area contributed by atoms with Crippen LogP contribution in [0.4, 0.5) is 5.69 Å². The molecule has 5 rings (SSSR count). The second-order valence-corrected chi connectivity index (χ2v) is 9.05. The Balaban J connectivity index is 1.41. The molecule has 1 aliphatic heterocycles. The number of aryl methyl sites for hydroxylation is 1. The van der Waals surface area contributed by atoms with Crippen LogP contribution >= 0.6 is 0 Å². The van der Waals surface area contributed by atoms with E-state index >= 15 is 0 Å². The van der Waals surface area contributed by atoms with E-state index in [9.17, 15) is 0 Å². The molecule has 0 aliphatic carbocycles. The van der Waals surface area contributed by atoms with Gasteiger partial charge < -0.3 is 14.4 Å². The van der Waals surface area contributed by atoms with Crippen molar-refractivity contribution in [3.8, 4) is 11.5 Å². The number of methoxy groups -OCH3 is 2. The van der Waals surface area contributed by atoms with Gasteiger partial charge in [-0.05, 0) is 52.7 Å². The van der Waals surface area contributed by atoms with Crippen molar-refractivity contribution in [3.05, 3.63) is 95.3 Å². The summed E-state index contributed by atoms with van der Waals surface area (Å²) in [4.78, 5) is 4.87. The summed E-state index contributed by atoms with van der Waals surface area (Å²) in [6, 6.07) is 24.9. The molecule has 186 valence electrons. The van der Waals surface area contributed by atoms with Gasteiger partial charge in [-0.25, -0.2) is 4.68 Å². The van der Waals surface area contributed by atoms with Gasteiger partial charge in [0.05, 0.1) is 32.5 Å². The molecule has 0 saturated carbocycles. The van der Waals surface area contributed by atoms with Gasteiger partial charge in [0.15, 0.2) is 5.82 Å². The first kappa shape index (κ1) is 23.8. The highest BCUT2D eigenvalue weighted by atomic mass is 16.5. The summed E-state index contributed by atoms with van der Waals surface area (Å²) in [7, 11) is 3.40. The van der Waals surface area contributed by atoms with Crippen LogP contribution in [0.1, 0.15) is 28.6 Å². The van der Waals surface area contributed by atoms with E-state index in [1.54, 1.807) is 14.2 Å². The van der Waals surface area contributed by atoms with Gasteiger partial charge in [-0.1, -0.05) is 54.1 Å². The SMILES string of the molecule is COc1ccc(Cn2nnnc2C(c2ccc(C)cc2)N2CCN(c3ccccc3OC)CC2)cc1. The Labute approximate surface area is 212 Å². The maximum absolute atomic E-state index is 5.61. The molecule has 1 saturated heterocycles. The summed E-state index contributed by atoms with van der Waals surface area (Å²) in [5, 5.41) is 13.0. The molecule has 1 atom stereocenters. The number of hydrogen-bond acceptors (Lipinski definition) is 7. The van der Waals surface area contributed by atoms with Crippen LogP contribution in [0.3, 0.4) is 0 Å². The molecule has 1 aromatic heterocycles. The third-order valence-corrected chi connectivity index (χ3v) is 6.79. The minimum absolute atomic E-state index is 0.0429. The van der Waals surface area contributed by atoms with Crippen molar-refractivity contribution in [1.82, 2.24) is 25.1 Å². The molecular weight excluding hydrogens is 452 g/mol. The van der Waals surface area contributed by atoms with Crippen molar-refractivity contribution in [2.75, 3.05) is 45.3 Å². The molecule has 0 N–H and O–H groups in total. The predicted octanol–water partition coefficient (Wildman–Crippen LogP) is 3.96. The van der Waals surface area contributed by atoms with Gasteiger partial charge in [-0.15, -0.1) is 5.10 Å². The Bertz CT molecular complexity index is 1260. The number of ether oxygens (including phenoxy) is 2. The second kappa shape index (κ2) is 10.8. The van der Waals surface area contributed by atoms with E-state index in [0.29, 0.717) is 6.54 Å². The van der Waals surface area contributed by atoms with Crippen molar-refractivity contribution in [2.24, 2.45) is 0 Å². The topological polar surface area (TPSA) is 68.5 Å². The maximum Gasteiger partial charge on any atom is 0.173 e. The smallest absolute Gasteiger partial charge is 0.173 e. The quantitative estimate of drug-likeness (QED) is 0.375. The summed E-state index contributed by atoms with van der Waals surface area (Å²) in [5.74, 6) is 2.59. The average Bonchev–Trinajstić information content (AvgIpc) is 3.38. The van der Waals surface area contributed by atoms with Gasteiger partial charge in [0.25, 0.3) is 0 Å². The number of tetrazole rings is 1. The summed E-state index contributed by atoms with van der Waals surface area (Å²) in [6.07, 6.45) is 0. The Morgan fingerprint density at radius 3 is 2.25 bits per heavy atom. The van der Waals surface area contributed by atoms with Gasteiger partial charge in [0.1, 0.15) is 11.5 Å². The lowest BCUT2D eigenvalue weighted by Crippen LogP contribution is -2.48. The number of nitrogens with zero attached hydrogens (tertiary/aromatic N) is 6. The van der Waals surface area contributed by atoms with Crippen LogP contribution < -0.4 is 14.4 Å². The van der Waals surface area contributed by atoms with Crippen molar-refractivity contribution >= 4 is 5.69 Å². The Morgan fingerprint density at radius 2 is 1.56 bits per heavy atom. The van der Waals surface area contributed by atoms with Gasteiger partial charge in [0, 0.05) is 26.2 Å². The third-order valence-electron chi connectivity index (χ3n) is 6.79. The Morgan fingerprint density at radius 1 is 0.833 bits per heavy atom. The number of benzene rings is 3. The highest BCUT2D eigenvalue weighted by molar-refractivity contribution is 5.58. The zero-order valence-electron chi connectivity index (χ0n) is 21.0. The predicted molar refractivity (Wildman–Crippen MR) is 140 cm³/mol. The van der Waals surface area contributed by atoms with Crippen LogP contribution in [0, 0.1) is 6.92 Å². The molecular formula is C28H32N6O2. The molecule has 1 fully saturated rings. The fourth-order valence-electron chi connectivity index (χ4n) is 4.81. The molecule has 0 radical (unpaired) electrons. The fraction of sp³-hybridized carbons (Fsp3) is 0.321. The monoisotopic (exact) mass is 484 g/mol. The van der Waals surface area contributed by atoms with E-state index in [0.717, 1.165) is 54.8 Å². The first-order valence-corrected chi connectivity index (χ1v) is 12.2. The molecule has 0 amide bonds. The van der Waals surface area contributed by atoms with E-state index in [2.05, 4.69) is 80.8 Å². The van der Waals surface area contributed by atoms with E-state index in [1.165, 1.54) is 11.1 Å². The number of para-hydroxylation sites is 2. The van der Waals surface area contributed by atoms with Gasteiger partial charge in [-0.2, -0.15) is 0 Å². The lowest BCUT2D eigenvalue weighted by Gasteiger charge is -2.40. The van der Waals surface area contributed by atoms with E-state index < -0.39 is 0 Å².